The van der Waals surface area contributed by atoms with Crippen LogP contribution >= 0.6 is 0 Å². The molecule has 1 aliphatic carbocycles. The summed E-state index contributed by atoms with van der Waals surface area (Å²) >= 11 is 0. The number of hydrogen-bond acceptors (Lipinski definition) is 4. The molecule has 0 saturated heterocycles. The summed E-state index contributed by atoms with van der Waals surface area (Å²) in [5.74, 6) is 0.490. The second-order valence-electron chi connectivity index (χ2n) is 5.13. The van der Waals surface area contributed by atoms with E-state index in [1.54, 1.807) is 11.8 Å². The van der Waals surface area contributed by atoms with Crippen molar-refractivity contribution >= 4 is 11.6 Å². The maximum Gasteiger partial charge on any atom is 0.416 e. The summed E-state index contributed by atoms with van der Waals surface area (Å²) in [7, 11) is 0. The van der Waals surface area contributed by atoms with E-state index in [0.29, 0.717) is 13.1 Å². The van der Waals surface area contributed by atoms with Crippen LogP contribution in [0.15, 0.2) is 12.1 Å². The zero-order chi connectivity index (χ0) is 15.5. The molecule has 2 rings (SSSR count). The molecule has 1 saturated carbocycles. The lowest BCUT2D eigenvalue weighted by atomic mass is 9.91. The molecule has 2 N–H and O–H groups in total. The van der Waals surface area contributed by atoms with Gasteiger partial charge in [-0.3, -0.25) is 0 Å². The van der Waals surface area contributed by atoms with E-state index in [0.717, 1.165) is 31.4 Å². The highest BCUT2D eigenvalue weighted by atomic mass is 19.4. The van der Waals surface area contributed by atoms with Crippen LogP contribution < -0.4 is 10.2 Å². The normalized spacial score (nSPS) is 15.7. The fourth-order valence-electron chi connectivity index (χ4n) is 2.39. The summed E-state index contributed by atoms with van der Waals surface area (Å²) < 4.78 is 39.0. The quantitative estimate of drug-likeness (QED) is 0.848. The first kappa shape index (κ1) is 15.9. The topological polar surface area (TPSA) is 48.4 Å². The van der Waals surface area contributed by atoms with Crippen molar-refractivity contribution in [1.82, 2.24) is 4.98 Å². The zero-order valence-corrected chi connectivity index (χ0v) is 12.0. The van der Waals surface area contributed by atoms with Gasteiger partial charge >= 0.3 is 6.18 Å². The molecule has 1 aromatic rings. The van der Waals surface area contributed by atoms with Crippen molar-refractivity contribution in [2.45, 2.75) is 38.4 Å². The van der Waals surface area contributed by atoms with Gasteiger partial charge in [0.2, 0.25) is 0 Å². The second-order valence-corrected chi connectivity index (χ2v) is 5.13. The maximum atomic E-state index is 13.0. The Kier molecular flexibility index (Phi) is 4.92. The minimum Gasteiger partial charge on any atom is -0.395 e. The molecule has 0 atom stereocenters. The molecule has 0 amide bonds. The molecular formula is C14H20F3N3O. The second kappa shape index (κ2) is 6.51. The van der Waals surface area contributed by atoms with E-state index >= 15 is 0 Å². The van der Waals surface area contributed by atoms with Gasteiger partial charge in [-0.2, -0.15) is 13.2 Å². The highest BCUT2D eigenvalue weighted by molar-refractivity contribution is 5.52. The molecule has 118 valence electrons. The van der Waals surface area contributed by atoms with Gasteiger partial charge in [0, 0.05) is 19.1 Å². The van der Waals surface area contributed by atoms with Gasteiger partial charge in [0.05, 0.1) is 12.2 Å². The number of rotatable bonds is 6. The van der Waals surface area contributed by atoms with Gasteiger partial charge in [0.25, 0.3) is 0 Å². The van der Waals surface area contributed by atoms with Crippen LogP contribution in [0, 0.1) is 0 Å². The Morgan fingerprint density at radius 2 is 2.10 bits per heavy atom. The number of aliphatic hydroxyl groups excluding tert-OH is 1. The molecule has 0 radical (unpaired) electrons. The molecule has 4 nitrogen and oxygen atoms in total. The first-order valence-corrected chi connectivity index (χ1v) is 7.16. The summed E-state index contributed by atoms with van der Waals surface area (Å²) in [6, 6.07) is 2.25. The van der Waals surface area contributed by atoms with Crippen LogP contribution in [0.3, 0.4) is 0 Å². The number of aliphatic hydroxyl groups is 1. The van der Waals surface area contributed by atoms with Crippen molar-refractivity contribution in [2.24, 2.45) is 0 Å². The number of alkyl halides is 3. The lowest BCUT2D eigenvalue weighted by molar-refractivity contribution is -0.137. The number of nitrogens with one attached hydrogen (secondary N) is 1. The van der Waals surface area contributed by atoms with Gasteiger partial charge < -0.3 is 15.3 Å². The first-order chi connectivity index (χ1) is 9.95. The standard InChI is InChI=1S/C14H20F3N3O/c1-2-18-12-8-10(14(15,16)17)9-13(19-12)20(6-7-21)11-4-3-5-11/h8-9,11,21H,2-7H2,1H3,(H,18,19). The number of pyridine rings is 1. The maximum absolute atomic E-state index is 13.0. The average Bonchev–Trinajstić information content (AvgIpc) is 2.35. The first-order valence-electron chi connectivity index (χ1n) is 7.16. The summed E-state index contributed by atoms with van der Waals surface area (Å²) in [5.41, 5.74) is -0.717. The molecule has 0 aromatic carbocycles. The molecule has 1 aromatic heterocycles. The van der Waals surface area contributed by atoms with Gasteiger partial charge in [-0.25, -0.2) is 4.98 Å². The van der Waals surface area contributed by atoms with Crippen molar-refractivity contribution in [3.63, 3.8) is 0 Å². The zero-order valence-electron chi connectivity index (χ0n) is 12.0. The Morgan fingerprint density at radius 1 is 1.38 bits per heavy atom. The van der Waals surface area contributed by atoms with Crippen molar-refractivity contribution in [3.05, 3.63) is 17.7 Å². The number of hydrogen-bond donors (Lipinski definition) is 2. The van der Waals surface area contributed by atoms with E-state index in [-0.39, 0.29) is 24.3 Å². The highest BCUT2D eigenvalue weighted by Crippen LogP contribution is 2.35. The molecule has 21 heavy (non-hydrogen) atoms. The molecular weight excluding hydrogens is 283 g/mol. The Balaban J connectivity index is 2.37. The van der Waals surface area contributed by atoms with Crippen LogP contribution in [0.5, 0.6) is 0 Å². The van der Waals surface area contributed by atoms with Gasteiger partial charge in [-0.15, -0.1) is 0 Å². The van der Waals surface area contributed by atoms with Crippen LogP contribution in [0.25, 0.3) is 0 Å². The van der Waals surface area contributed by atoms with Crippen LogP contribution in [0.2, 0.25) is 0 Å². The van der Waals surface area contributed by atoms with Gasteiger partial charge in [0.15, 0.2) is 0 Å². The Labute approximate surface area is 122 Å². The van der Waals surface area contributed by atoms with Crippen LogP contribution in [0.4, 0.5) is 24.8 Å². The van der Waals surface area contributed by atoms with E-state index in [4.69, 9.17) is 5.11 Å². The third-order valence-corrected chi connectivity index (χ3v) is 3.65. The molecule has 0 bridgehead atoms. The Hall–Kier alpha value is -1.50. The number of aromatic nitrogens is 1. The van der Waals surface area contributed by atoms with Crippen LogP contribution in [-0.4, -0.2) is 35.8 Å². The number of nitrogens with zero attached hydrogens (tertiary/aromatic N) is 2. The molecule has 0 unspecified atom stereocenters. The largest absolute Gasteiger partial charge is 0.416 e. The third-order valence-electron chi connectivity index (χ3n) is 3.65. The summed E-state index contributed by atoms with van der Waals surface area (Å²) in [6.45, 7) is 2.49. The smallest absolute Gasteiger partial charge is 0.395 e. The molecule has 1 heterocycles. The average molecular weight is 303 g/mol. The minimum atomic E-state index is -4.41. The fourth-order valence-corrected chi connectivity index (χ4v) is 2.39. The van der Waals surface area contributed by atoms with E-state index in [1.807, 2.05) is 0 Å². The van der Waals surface area contributed by atoms with E-state index in [2.05, 4.69) is 10.3 Å². The monoisotopic (exact) mass is 303 g/mol. The van der Waals surface area contributed by atoms with Crippen molar-refractivity contribution in [1.29, 1.82) is 0 Å². The summed E-state index contributed by atoms with van der Waals surface area (Å²) in [6.07, 6.45) is -1.50. The Bertz CT molecular complexity index is 475. The number of halogens is 3. The highest BCUT2D eigenvalue weighted by Gasteiger charge is 2.33. The fraction of sp³-hybridized carbons (Fsp3) is 0.643. The molecule has 7 heteroatoms. The van der Waals surface area contributed by atoms with Gasteiger partial charge in [-0.1, -0.05) is 0 Å². The predicted molar refractivity (Wildman–Crippen MR) is 75.5 cm³/mol. The van der Waals surface area contributed by atoms with Crippen LogP contribution in [0.1, 0.15) is 31.7 Å². The minimum absolute atomic E-state index is 0.106. The van der Waals surface area contributed by atoms with E-state index in [9.17, 15) is 13.2 Å². The summed E-state index contributed by atoms with van der Waals surface area (Å²) in [4.78, 5) is 6.04. The molecule has 0 aliphatic heterocycles. The molecule has 1 aliphatic rings. The van der Waals surface area contributed by atoms with Gasteiger partial charge in [-0.05, 0) is 38.3 Å². The predicted octanol–water partition coefficient (Wildman–Crippen LogP) is 2.88. The molecule has 1 fully saturated rings. The lowest BCUT2D eigenvalue weighted by Crippen LogP contribution is -2.42. The van der Waals surface area contributed by atoms with Gasteiger partial charge in [0.1, 0.15) is 11.6 Å². The molecule has 0 spiro atoms. The van der Waals surface area contributed by atoms with Crippen LogP contribution in [-0.2, 0) is 6.18 Å². The van der Waals surface area contributed by atoms with Crippen molar-refractivity contribution < 1.29 is 18.3 Å². The number of anilines is 2. The Morgan fingerprint density at radius 3 is 2.57 bits per heavy atom. The third kappa shape index (κ3) is 3.78. The summed E-state index contributed by atoms with van der Waals surface area (Å²) in [5, 5.41) is 12.0. The van der Waals surface area contributed by atoms with Crippen molar-refractivity contribution in [2.75, 3.05) is 29.9 Å². The lowest BCUT2D eigenvalue weighted by Gasteiger charge is -2.38. The van der Waals surface area contributed by atoms with E-state index < -0.39 is 11.7 Å². The SMILES string of the molecule is CCNc1cc(C(F)(F)F)cc(N(CCO)C2CCC2)n1. The van der Waals surface area contributed by atoms with E-state index in [1.165, 1.54) is 0 Å². The van der Waals surface area contributed by atoms with Crippen molar-refractivity contribution in [3.8, 4) is 0 Å².